The first-order valence-electron chi connectivity index (χ1n) is 5.54. The van der Waals surface area contributed by atoms with Gasteiger partial charge in [-0.05, 0) is 6.92 Å². The van der Waals surface area contributed by atoms with Crippen molar-refractivity contribution in [3.8, 4) is 0 Å². The predicted molar refractivity (Wildman–Crippen MR) is 60.9 cm³/mol. The highest BCUT2D eigenvalue weighted by Crippen LogP contribution is 1.91. The molecule has 0 aliphatic heterocycles. The minimum Gasteiger partial charge on any atom is -0.480 e. The summed E-state index contributed by atoms with van der Waals surface area (Å²) in [6, 6.07) is -1.86. The Hall–Kier alpha value is -1.83. The maximum Gasteiger partial charge on any atom is 0.326 e. The Bertz CT molecular complexity index is 294. The lowest BCUT2D eigenvalue weighted by Gasteiger charge is -2.13. The monoisotopic (exact) mass is 262 g/mol. The molecule has 18 heavy (non-hydrogen) atoms. The van der Waals surface area contributed by atoms with Crippen LogP contribution in [0.3, 0.4) is 0 Å². The van der Waals surface area contributed by atoms with Crippen molar-refractivity contribution in [2.75, 3.05) is 19.8 Å². The molecule has 4 N–H and O–H groups in total. The Balaban J connectivity index is 3.88. The lowest BCUT2D eigenvalue weighted by atomic mass is 10.2. The van der Waals surface area contributed by atoms with Crippen molar-refractivity contribution in [1.82, 2.24) is 10.6 Å². The molecule has 0 radical (unpaired) electrons. The number of aliphatic hydroxyl groups is 1. The minimum absolute atomic E-state index is 0.0129. The van der Waals surface area contributed by atoms with Gasteiger partial charge < -0.3 is 25.6 Å². The molecule has 8 heteroatoms. The van der Waals surface area contributed by atoms with Crippen LogP contribution >= 0.6 is 0 Å². The van der Waals surface area contributed by atoms with Gasteiger partial charge in [0.05, 0.1) is 13.0 Å². The third-order valence-electron chi connectivity index (χ3n) is 1.94. The lowest BCUT2D eigenvalue weighted by molar-refractivity contribution is -0.143. The molecule has 0 bridgehead atoms. The number of carbonyl (C=O) groups excluding carboxylic acids is 2. The minimum atomic E-state index is -1.23. The van der Waals surface area contributed by atoms with E-state index in [0.717, 1.165) is 0 Å². The van der Waals surface area contributed by atoms with Crippen LogP contribution in [0.2, 0.25) is 0 Å². The van der Waals surface area contributed by atoms with Crippen LogP contribution in [0.5, 0.6) is 0 Å². The van der Waals surface area contributed by atoms with Gasteiger partial charge in [0, 0.05) is 19.6 Å². The molecule has 0 spiro atoms. The van der Waals surface area contributed by atoms with Crippen LogP contribution in [-0.4, -0.2) is 54.0 Å². The number of carboxylic acids is 1. The van der Waals surface area contributed by atoms with Gasteiger partial charge in [-0.1, -0.05) is 0 Å². The van der Waals surface area contributed by atoms with Crippen LogP contribution in [0, 0.1) is 0 Å². The van der Waals surface area contributed by atoms with E-state index in [1.807, 2.05) is 0 Å². The molecule has 0 saturated heterocycles. The standard InChI is InChI=1S/C10H18N2O6/c1-2-18-8(14)3-5-11-10(17)12-7(4-6-13)9(15)16/h7,13H,2-6H2,1H3,(H,15,16)(H2,11,12,17). The molecule has 1 atom stereocenters. The molecule has 0 aromatic carbocycles. The Morgan fingerprint density at radius 1 is 1.33 bits per heavy atom. The fraction of sp³-hybridized carbons (Fsp3) is 0.700. The number of carboxylic acid groups (broad SMARTS) is 1. The summed E-state index contributed by atoms with van der Waals surface area (Å²) in [6.45, 7) is 1.64. The summed E-state index contributed by atoms with van der Waals surface area (Å²) in [5.41, 5.74) is 0. The number of ether oxygens (including phenoxy) is 1. The van der Waals surface area contributed by atoms with Gasteiger partial charge in [0.15, 0.2) is 0 Å². The van der Waals surface area contributed by atoms with E-state index in [-0.39, 0.29) is 32.6 Å². The van der Waals surface area contributed by atoms with Gasteiger partial charge in [-0.25, -0.2) is 9.59 Å². The zero-order valence-corrected chi connectivity index (χ0v) is 10.1. The fourth-order valence-corrected chi connectivity index (χ4v) is 1.11. The zero-order valence-electron chi connectivity index (χ0n) is 10.1. The molecule has 0 fully saturated rings. The zero-order chi connectivity index (χ0) is 14.0. The van der Waals surface area contributed by atoms with Gasteiger partial charge in [-0.2, -0.15) is 0 Å². The highest BCUT2D eigenvalue weighted by molar-refractivity contribution is 5.82. The van der Waals surface area contributed by atoms with E-state index in [1.54, 1.807) is 6.92 Å². The molecule has 8 nitrogen and oxygen atoms in total. The molecule has 0 aliphatic carbocycles. The molecule has 0 rings (SSSR count). The number of urea groups is 1. The fourth-order valence-electron chi connectivity index (χ4n) is 1.11. The smallest absolute Gasteiger partial charge is 0.326 e. The molecular formula is C10H18N2O6. The highest BCUT2D eigenvalue weighted by atomic mass is 16.5. The molecule has 0 saturated carbocycles. The van der Waals surface area contributed by atoms with Crippen molar-refractivity contribution in [1.29, 1.82) is 0 Å². The number of carbonyl (C=O) groups is 3. The Morgan fingerprint density at radius 3 is 2.50 bits per heavy atom. The van der Waals surface area contributed by atoms with Crippen LogP contribution in [0.15, 0.2) is 0 Å². The third kappa shape index (κ3) is 7.44. The number of aliphatic carboxylic acids is 1. The summed E-state index contributed by atoms with van der Waals surface area (Å²) in [6.07, 6.45) is -0.0698. The van der Waals surface area contributed by atoms with Crippen molar-refractivity contribution in [3.63, 3.8) is 0 Å². The first-order chi connectivity index (χ1) is 8.51. The van der Waals surface area contributed by atoms with Crippen molar-refractivity contribution in [2.45, 2.75) is 25.8 Å². The predicted octanol–water partition coefficient (Wildman–Crippen LogP) is -0.926. The maximum atomic E-state index is 11.3. The van der Waals surface area contributed by atoms with Crippen LogP contribution in [-0.2, 0) is 14.3 Å². The van der Waals surface area contributed by atoms with Gasteiger partial charge in [0.1, 0.15) is 6.04 Å². The number of esters is 1. The summed E-state index contributed by atoms with van der Waals surface area (Å²) in [4.78, 5) is 32.9. The number of aliphatic hydroxyl groups excluding tert-OH is 1. The molecule has 104 valence electrons. The van der Waals surface area contributed by atoms with Crippen LogP contribution < -0.4 is 10.6 Å². The van der Waals surface area contributed by atoms with Crippen molar-refractivity contribution < 1.29 is 29.3 Å². The van der Waals surface area contributed by atoms with Gasteiger partial charge in [-0.15, -0.1) is 0 Å². The lowest BCUT2D eigenvalue weighted by Crippen LogP contribution is -2.46. The molecule has 0 aromatic heterocycles. The molecule has 0 aliphatic rings. The van der Waals surface area contributed by atoms with Crippen LogP contribution in [0.1, 0.15) is 19.8 Å². The van der Waals surface area contributed by atoms with Crippen molar-refractivity contribution >= 4 is 18.0 Å². The summed E-state index contributed by atoms with van der Waals surface area (Å²) in [5.74, 6) is -1.67. The topological polar surface area (TPSA) is 125 Å². The Kier molecular flexibility index (Phi) is 8.29. The summed E-state index contributed by atoms with van der Waals surface area (Å²) < 4.78 is 4.64. The van der Waals surface area contributed by atoms with Gasteiger partial charge in [0.25, 0.3) is 0 Å². The van der Waals surface area contributed by atoms with Crippen LogP contribution in [0.4, 0.5) is 4.79 Å². The number of hydrogen-bond donors (Lipinski definition) is 4. The van der Waals surface area contributed by atoms with Gasteiger partial charge in [0.2, 0.25) is 0 Å². The third-order valence-corrected chi connectivity index (χ3v) is 1.94. The van der Waals surface area contributed by atoms with Crippen LogP contribution in [0.25, 0.3) is 0 Å². The average molecular weight is 262 g/mol. The summed E-state index contributed by atoms with van der Waals surface area (Å²) >= 11 is 0. The Morgan fingerprint density at radius 2 is 2.00 bits per heavy atom. The second-order valence-corrected chi connectivity index (χ2v) is 3.36. The second-order valence-electron chi connectivity index (χ2n) is 3.36. The largest absolute Gasteiger partial charge is 0.480 e. The summed E-state index contributed by atoms with van der Waals surface area (Å²) in [5, 5.41) is 21.8. The molecule has 1 unspecified atom stereocenters. The van der Waals surface area contributed by atoms with Crippen molar-refractivity contribution in [2.24, 2.45) is 0 Å². The number of amides is 2. The maximum absolute atomic E-state index is 11.3. The number of rotatable bonds is 8. The van der Waals surface area contributed by atoms with E-state index in [0.29, 0.717) is 0 Å². The van der Waals surface area contributed by atoms with Gasteiger partial charge >= 0.3 is 18.0 Å². The van der Waals surface area contributed by atoms with E-state index >= 15 is 0 Å². The van der Waals surface area contributed by atoms with E-state index < -0.39 is 24.0 Å². The van der Waals surface area contributed by atoms with E-state index in [2.05, 4.69) is 15.4 Å². The average Bonchev–Trinajstić information content (AvgIpc) is 2.28. The quantitative estimate of drug-likeness (QED) is 0.419. The number of nitrogens with one attached hydrogen (secondary N) is 2. The first kappa shape index (κ1) is 16.2. The highest BCUT2D eigenvalue weighted by Gasteiger charge is 2.18. The number of hydrogen-bond acceptors (Lipinski definition) is 5. The van der Waals surface area contributed by atoms with E-state index in [1.165, 1.54) is 0 Å². The summed E-state index contributed by atoms with van der Waals surface area (Å²) in [7, 11) is 0. The molecule has 0 aromatic rings. The SMILES string of the molecule is CCOC(=O)CCNC(=O)NC(CCO)C(=O)O. The molecule has 0 heterocycles. The molecular weight excluding hydrogens is 244 g/mol. The van der Waals surface area contributed by atoms with E-state index in [4.69, 9.17) is 10.2 Å². The Labute approximate surface area is 104 Å². The van der Waals surface area contributed by atoms with E-state index in [9.17, 15) is 14.4 Å². The molecule has 2 amide bonds. The van der Waals surface area contributed by atoms with Gasteiger partial charge in [-0.3, -0.25) is 4.79 Å². The first-order valence-corrected chi connectivity index (χ1v) is 5.54. The van der Waals surface area contributed by atoms with Crippen molar-refractivity contribution in [3.05, 3.63) is 0 Å². The second kappa shape index (κ2) is 9.23. The normalized spacial score (nSPS) is 11.4.